The molecule has 0 atom stereocenters. The van der Waals surface area contributed by atoms with Crippen LogP contribution in [0, 0.1) is 0 Å². The van der Waals surface area contributed by atoms with Gasteiger partial charge in [0.25, 0.3) is 0 Å². The number of primary sulfonamides is 1. The van der Waals surface area contributed by atoms with Crippen LogP contribution in [-0.2, 0) is 21.2 Å². The predicted octanol–water partition coefficient (Wildman–Crippen LogP) is 1.64. The minimum absolute atomic E-state index is 0.0872. The van der Waals surface area contributed by atoms with Crippen LogP contribution < -0.4 is 9.88 Å². The lowest BCUT2D eigenvalue weighted by Gasteiger charge is -2.08. The summed E-state index contributed by atoms with van der Waals surface area (Å²) in [5.41, 5.74) is 0.630. The summed E-state index contributed by atoms with van der Waals surface area (Å²) < 4.78 is 27.8. The Kier molecular flexibility index (Phi) is 5.50. The summed E-state index contributed by atoms with van der Waals surface area (Å²) in [6, 6.07) is 4.59. The van der Waals surface area contributed by atoms with Gasteiger partial charge in [-0.2, -0.15) is 0 Å². The van der Waals surface area contributed by atoms with Crippen LogP contribution >= 0.6 is 0 Å². The molecule has 1 aromatic carbocycles. The average molecular weight is 285 g/mol. The van der Waals surface area contributed by atoms with Crippen molar-refractivity contribution in [1.82, 2.24) is 0 Å². The van der Waals surface area contributed by atoms with Crippen molar-refractivity contribution in [3.63, 3.8) is 0 Å². The van der Waals surface area contributed by atoms with E-state index >= 15 is 0 Å². The Hall–Kier alpha value is -1.40. The topological polar surface area (TPSA) is 86.5 Å². The minimum atomic E-state index is -3.86. The number of Topliss-reactive ketones (excluding diaryl/α,β-unsaturated/α-hetero) is 1. The molecule has 0 saturated carbocycles. The molecule has 1 rings (SSSR count). The molecule has 2 N–H and O–H groups in total. The maximum absolute atomic E-state index is 11.7. The molecule has 0 spiro atoms. The molecule has 0 aliphatic rings. The Morgan fingerprint density at radius 2 is 2.05 bits per heavy atom. The van der Waals surface area contributed by atoms with E-state index in [1.165, 1.54) is 19.2 Å². The lowest BCUT2D eigenvalue weighted by Crippen LogP contribution is -2.14. The summed E-state index contributed by atoms with van der Waals surface area (Å²) in [5.74, 6) is 0.277. The van der Waals surface area contributed by atoms with Gasteiger partial charge >= 0.3 is 0 Å². The van der Waals surface area contributed by atoms with Crippen LogP contribution in [0.3, 0.4) is 0 Å². The van der Waals surface area contributed by atoms with E-state index in [1.807, 2.05) is 6.92 Å². The summed E-state index contributed by atoms with van der Waals surface area (Å²) in [7, 11) is -2.49. The fourth-order valence-corrected chi connectivity index (χ4v) is 2.49. The normalized spacial score (nSPS) is 11.3. The SMILES string of the molecule is CCCCC(=O)Cc1ccc(OC)c(S(N)(=O)=O)c1. The molecule has 0 radical (unpaired) electrons. The monoisotopic (exact) mass is 285 g/mol. The molecule has 0 saturated heterocycles. The highest BCUT2D eigenvalue weighted by Gasteiger charge is 2.16. The third-order valence-electron chi connectivity index (χ3n) is 2.75. The summed E-state index contributed by atoms with van der Waals surface area (Å²) in [4.78, 5) is 11.6. The van der Waals surface area contributed by atoms with Gasteiger partial charge in [-0.05, 0) is 24.1 Å². The summed E-state index contributed by atoms with van der Waals surface area (Å²) in [5, 5.41) is 5.12. The fourth-order valence-electron chi connectivity index (χ4n) is 1.74. The number of sulfonamides is 1. The number of hydrogen-bond acceptors (Lipinski definition) is 4. The van der Waals surface area contributed by atoms with Crippen molar-refractivity contribution in [3.05, 3.63) is 23.8 Å². The molecule has 19 heavy (non-hydrogen) atoms. The standard InChI is InChI=1S/C13H19NO4S/c1-3-4-5-11(15)8-10-6-7-12(18-2)13(9-10)19(14,16)17/h6-7,9H,3-5,8H2,1-2H3,(H2,14,16,17). The van der Waals surface area contributed by atoms with Gasteiger partial charge in [0.2, 0.25) is 10.0 Å². The second-order valence-corrected chi connectivity index (χ2v) is 5.88. The average Bonchev–Trinajstić information content (AvgIpc) is 2.35. The van der Waals surface area contributed by atoms with Crippen LogP contribution in [0.1, 0.15) is 31.7 Å². The van der Waals surface area contributed by atoms with E-state index in [0.717, 1.165) is 12.8 Å². The van der Waals surface area contributed by atoms with Gasteiger partial charge in [-0.1, -0.05) is 19.4 Å². The van der Waals surface area contributed by atoms with E-state index in [9.17, 15) is 13.2 Å². The van der Waals surface area contributed by atoms with E-state index in [1.54, 1.807) is 6.07 Å². The molecule has 1 aromatic rings. The molecule has 0 unspecified atom stereocenters. The highest BCUT2D eigenvalue weighted by molar-refractivity contribution is 7.89. The fraction of sp³-hybridized carbons (Fsp3) is 0.462. The summed E-state index contributed by atoms with van der Waals surface area (Å²) in [6.45, 7) is 2.01. The number of benzene rings is 1. The van der Waals surface area contributed by atoms with Crippen LogP contribution in [-0.4, -0.2) is 21.3 Å². The third kappa shape index (κ3) is 4.65. The Morgan fingerprint density at radius 1 is 1.37 bits per heavy atom. The number of unbranched alkanes of at least 4 members (excludes halogenated alkanes) is 1. The van der Waals surface area contributed by atoms with Crippen molar-refractivity contribution in [2.24, 2.45) is 5.14 Å². The smallest absolute Gasteiger partial charge is 0.241 e. The summed E-state index contributed by atoms with van der Waals surface area (Å²) >= 11 is 0. The molecule has 0 aromatic heterocycles. The van der Waals surface area contributed by atoms with Crippen molar-refractivity contribution >= 4 is 15.8 Å². The molecule has 0 fully saturated rings. The van der Waals surface area contributed by atoms with Crippen LogP contribution in [0.25, 0.3) is 0 Å². The van der Waals surface area contributed by atoms with E-state index in [4.69, 9.17) is 9.88 Å². The van der Waals surface area contributed by atoms with Gasteiger partial charge in [0.15, 0.2) is 0 Å². The zero-order valence-corrected chi connectivity index (χ0v) is 12.0. The summed E-state index contributed by atoms with van der Waals surface area (Å²) in [6.07, 6.45) is 2.52. The number of carbonyl (C=O) groups excluding carboxylic acids is 1. The number of carbonyl (C=O) groups is 1. The first kappa shape index (κ1) is 15.7. The zero-order chi connectivity index (χ0) is 14.5. The van der Waals surface area contributed by atoms with Crippen LogP contribution in [0.2, 0.25) is 0 Å². The Bertz CT molecular complexity index is 552. The van der Waals surface area contributed by atoms with Gasteiger partial charge in [0.05, 0.1) is 7.11 Å². The number of hydrogen-bond donors (Lipinski definition) is 1. The quantitative estimate of drug-likeness (QED) is 0.825. The molecule has 0 bridgehead atoms. The number of ether oxygens (including phenoxy) is 1. The van der Waals surface area contributed by atoms with Crippen molar-refractivity contribution in [1.29, 1.82) is 0 Å². The first-order chi connectivity index (χ1) is 8.88. The highest BCUT2D eigenvalue weighted by Crippen LogP contribution is 2.24. The van der Waals surface area contributed by atoms with Crippen molar-refractivity contribution in [2.45, 2.75) is 37.5 Å². The zero-order valence-electron chi connectivity index (χ0n) is 11.2. The second-order valence-electron chi connectivity index (χ2n) is 4.35. The Morgan fingerprint density at radius 3 is 2.58 bits per heavy atom. The van der Waals surface area contributed by atoms with Crippen LogP contribution in [0.15, 0.2) is 23.1 Å². The second kappa shape index (κ2) is 6.68. The minimum Gasteiger partial charge on any atom is -0.495 e. The number of rotatable bonds is 7. The molecule has 5 nitrogen and oxygen atoms in total. The van der Waals surface area contributed by atoms with E-state index in [-0.39, 0.29) is 22.8 Å². The lowest BCUT2D eigenvalue weighted by atomic mass is 10.1. The van der Waals surface area contributed by atoms with E-state index in [0.29, 0.717) is 12.0 Å². The van der Waals surface area contributed by atoms with Crippen molar-refractivity contribution in [2.75, 3.05) is 7.11 Å². The molecule has 0 heterocycles. The molecule has 6 heteroatoms. The first-order valence-corrected chi connectivity index (χ1v) is 7.64. The first-order valence-electron chi connectivity index (χ1n) is 6.10. The van der Waals surface area contributed by atoms with Crippen molar-refractivity contribution in [3.8, 4) is 5.75 Å². The molecule has 0 aliphatic carbocycles. The molecular formula is C13H19NO4S. The van der Waals surface area contributed by atoms with E-state index in [2.05, 4.69) is 0 Å². The largest absolute Gasteiger partial charge is 0.495 e. The third-order valence-corrected chi connectivity index (χ3v) is 3.68. The predicted molar refractivity (Wildman–Crippen MR) is 72.6 cm³/mol. The van der Waals surface area contributed by atoms with Gasteiger partial charge in [-0.3, -0.25) is 4.79 Å². The maximum Gasteiger partial charge on any atom is 0.241 e. The Labute approximate surface area is 113 Å². The number of methoxy groups -OCH3 is 1. The van der Waals surface area contributed by atoms with Gasteiger partial charge in [0.1, 0.15) is 16.4 Å². The van der Waals surface area contributed by atoms with Gasteiger partial charge < -0.3 is 4.74 Å². The number of nitrogens with two attached hydrogens (primary N) is 1. The number of ketones is 1. The van der Waals surface area contributed by atoms with Crippen molar-refractivity contribution < 1.29 is 17.9 Å². The van der Waals surface area contributed by atoms with Gasteiger partial charge in [-0.15, -0.1) is 0 Å². The molecular weight excluding hydrogens is 266 g/mol. The molecule has 0 amide bonds. The van der Waals surface area contributed by atoms with Crippen LogP contribution in [0.5, 0.6) is 5.75 Å². The maximum atomic E-state index is 11.7. The van der Waals surface area contributed by atoms with Crippen LogP contribution in [0.4, 0.5) is 0 Å². The highest BCUT2D eigenvalue weighted by atomic mass is 32.2. The molecule has 106 valence electrons. The lowest BCUT2D eigenvalue weighted by molar-refractivity contribution is -0.118. The van der Waals surface area contributed by atoms with E-state index < -0.39 is 10.0 Å². The van der Waals surface area contributed by atoms with Gasteiger partial charge in [0, 0.05) is 12.8 Å². The molecule has 0 aliphatic heterocycles. The van der Waals surface area contributed by atoms with Gasteiger partial charge in [-0.25, -0.2) is 13.6 Å². The Balaban J connectivity index is 2.96.